The number of hydrogen-bond donors (Lipinski definition) is 2. The van der Waals surface area contributed by atoms with E-state index in [1.807, 2.05) is 41.0 Å². The molecule has 0 spiro atoms. The van der Waals surface area contributed by atoms with Gasteiger partial charge in [0, 0.05) is 5.56 Å². The van der Waals surface area contributed by atoms with Crippen LogP contribution in [0.1, 0.15) is 11.7 Å². The number of fused-ring (bicyclic) bond motifs is 4. The highest BCUT2D eigenvalue weighted by Gasteiger charge is 2.28. The summed E-state index contributed by atoms with van der Waals surface area (Å²) in [7, 11) is 1.61. The Hall–Kier alpha value is -3.42. The lowest BCUT2D eigenvalue weighted by Gasteiger charge is -2.26. The Labute approximate surface area is 149 Å². The molecule has 0 bridgehead atoms. The van der Waals surface area contributed by atoms with Crippen molar-refractivity contribution in [1.82, 2.24) is 9.55 Å². The van der Waals surface area contributed by atoms with E-state index in [1.165, 1.54) is 0 Å². The van der Waals surface area contributed by atoms with E-state index >= 15 is 0 Å². The van der Waals surface area contributed by atoms with Crippen LogP contribution in [0.4, 0.5) is 5.95 Å². The van der Waals surface area contributed by atoms with E-state index in [4.69, 9.17) is 19.9 Å². The fourth-order valence-corrected chi connectivity index (χ4v) is 3.38. The Morgan fingerprint density at radius 1 is 1.23 bits per heavy atom. The number of anilines is 1. The molecule has 1 atom stereocenters. The van der Waals surface area contributed by atoms with Gasteiger partial charge in [-0.05, 0) is 24.3 Å². The van der Waals surface area contributed by atoms with Crippen molar-refractivity contribution in [2.24, 2.45) is 10.7 Å². The quantitative estimate of drug-likeness (QED) is 0.734. The monoisotopic (exact) mass is 351 g/mol. The van der Waals surface area contributed by atoms with Gasteiger partial charge in [-0.15, -0.1) is 0 Å². The first kappa shape index (κ1) is 14.9. The zero-order valence-corrected chi connectivity index (χ0v) is 14.1. The molecule has 0 saturated carbocycles. The second-order valence-corrected chi connectivity index (χ2v) is 6.05. The zero-order valence-electron chi connectivity index (χ0n) is 14.1. The Morgan fingerprint density at radius 2 is 2.08 bits per heavy atom. The molecule has 3 heterocycles. The first-order chi connectivity index (χ1) is 12.7. The van der Waals surface area contributed by atoms with Crippen LogP contribution in [0, 0.1) is 0 Å². The predicted octanol–water partition coefficient (Wildman–Crippen LogP) is 2.10. The van der Waals surface area contributed by atoms with Crippen LogP contribution < -0.4 is 25.3 Å². The number of nitrogens with one attached hydrogen (secondary N) is 1. The fraction of sp³-hybridized carbons (Fsp3) is 0.222. The topological polar surface area (TPSA) is 95.9 Å². The number of rotatable bonds is 2. The number of guanidine groups is 1. The van der Waals surface area contributed by atoms with Crippen LogP contribution in [0.3, 0.4) is 0 Å². The second-order valence-electron chi connectivity index (χ2n) is 6.05. The van der Waals surface area contributed by atoms with Gasteiger partial charge in [0.25, 0.3) is 0 Å². The Kier molecular flexibility index (Phi) is 3.18. The molecular weight excluding hydrogens is 334 g/mol. The summed E-state index contributed by atoms with van der Waals surface area (Å²) in [6.07, 6.45) is -0.386. The molecule has 2 aliphatic heterocycles. The van der Waals surface area contributed by atoms with Crippen LogP contribution in [-0.2, 0) is 0 Å². The largest absolute Gasteiger partial charge is 0.493 e. The molecule has 0 unspecified atom stereocenters. The van der Waals surface area contributed by atoms with E-state index < -0.39 is 0 Å². The standard InChI is InChI=1S/C18H17N5O3/c1-24-13-8-10(9-14-15(13)26-7-6-25-14)16-21-17(19)22-18-20-11-4-2-3-5-12(11)23(16)18/h2-5,8-9,16H,6-7H2,1H3,(H3,19,20,21,22)/t16-/m1/s1. The van der Waals surface area contributed by atoms with Crippen LogP contribution in [0.2, 0.25) is 0 Å². The summed E-state index contributed by atoms with van der Waals surface area (Å²) in [5.74, 6) is 2.83. The average molecular weight is 351 g/mol. The lowest BCUT2D eigenvalue weighted by Crippen LogP contribution is -2.31. The van der Waals surface area contributed by atoms with Gasteiger partial charge >= 0.3 is 0 Å². The van der Waals surface area contributed by atoms with Crippen molar-refractivity contribution in [3.63, 3.8) is 0 Å². The van der Waals surface area contributed by atoms with Crippen LogP contribution >= 0.6 is 0 Å². The van der Waals surface area contributed by atoms with Gasteiger partial charge in [0.2, 0.25) is 11.7 Å². The first-order valence-electron chi connectivity index (χ1n) is 8.29. The highest BCUT2D eigenvalue weighted by Crippen LogP contribution is 2.43. The lowest BCUT2D eigenvalue weighted by atomic mass is 10.1. The number of methoxy groups -OCH3 is 1. The van der Waals surface area contributed by atoms with Gasteiger partial charge < -0.3 is 19.9 Å². The second kappa shape index (κ2) is 5.55. The molecule has 0 fully saturated rings. The van der Waals surface area contributed by atoms with E-state index in [0.29, 0.717) is 42.4 Å². The maximum Gasteiger partial charge on any atom is 0.212 e. The number of benzene rings is 2. The fourth-order valence-electron chi connectivity index (χ4n) is 3.38. The van der Waals surface area contributed by atoms with E-state index in [2.05, 4.69) is 15.3 Å². The van der Waals surface area contributed by atoms with E-state index in [-0.39, 0.29) is 6.17 Å². The molecule has 0 saturated heterocycles. The molecule has 1 aromatic heterocycles. The Bertz CT molecular complexity index is 1030. The van der Waals surface area contributed by atoms with Crippen LogP contribution in [0.25, 0.3) is 11.0 Å². The molecule has 8 nitrogen and oxygen atoms in total. The van der Waals surface area contributed by atoms with E-state index in [1.54, 1.807) is 7.11 Å². The molecule has 26 heavy (non-hydrogen) atoms. The van der Waals surface area contributed by atoms with E-state index in [0.717, 1.165) is 16.6 Å². The van der Waals surface area contributed by atoms with Gasteiger partial charge in [-0.3, -0.25) is 9.88 Å². The third-order valence-corrected chi connectivity index (χ3v) is 4.49. The Balaban J connectivity index is 1.72. The molecule has 0 radical (unpaired) electrons. The minimum Gasteiger partial charge on any atom is -0.493 e. The van der Waals surface area contributed by atoms with E-state index in [9.17, 15) is 0 Å². The summed E-state index contributed by atoms with van der Waals surface area (Å²) in [5.41, 5.74) is 8.71. The van der Waals surface area contributed by atoms with Crippen LogP contribution in [-0.4, -0.2) is 35.8 Å². The zero-order chi connectivity index (χ0) is 17.7. The molecule has 5 rings (SSSR count). The highest BCUT2D eigenvalue weighted by atomic mass is 16.6. The minimum absolute atomic E-state index is 0.312. The molecule has 2 aliphatic rings. The summed E-state index contributed by atoms with van der Waals surface area (Å²) in [6.45, 7) is 0.994. The molecule has 0 aliphatic carbocycles. The number of aliphatic imine (C=N–C) groups is 1. The van der Waals surface area contributed by atoms with Crippen molar-refractivity contribution < 1.29 is 14.2 Å². The van der Waals surface area contributed by atoms with Crippen molar-refractivity contribution in [1.29, 1.82) is 0 Å². The summed E-state index contributed by atoms with van der Waals surface area (Å²) in [4.78, 5) is 9.21. The van der Waals surface area contributed by atoms with Gasteiger partial charge in [-0.25, -0.2) is 9.98 Å². The SMILES string of the molecule is COc1cc([C@@H]2N=C(N)Nc3nc4ccccc4n32)cc2c1OCCO2. The molecule has 3 N–H and O–H groups in total. The Morgan fingerprint density at radius 3 is 2.96 bits per heavy atom. The predicted molar refractivity (Wildman–Crippen MR) is 97.1 cm³/mol. The van der Waals surface area contributed by atoms with Gasteiger partial charge in [0.15, 0.2) is 23.6 Å². The molecule has 132 valence electrons. The minimum atomic E-state index is -0.386. The lowest BCUT2D eigenvalue weighted by molar-refractivity contribution is 0.164. The molecule has 2 aromatic carbocycles. The number of nitrogens with two attached hydrogens (primary N) is 1. The molecule has 0 amide bonds. The van der Waals surface area contributed by atoms with Crippen molar-refractivity contribution in [2.75, 3.05) is 25.6 Å². The molecular formula is C18H17N5O3. The van der Waals surface area contributed by atoms with Crippen LogP contribution in [0.15, 0.2) is 41.4 Å². The molecule has 3 aromatic rings. The van der Waals surface area contributed by atoms with Crippen molar-refractivity contribution in [2.45, 2.75) is 6.17 Å². The molecule has 8 heteroatoms. The van der Waals surface area contributed by atoms with Gasteiger partial charge in [0.05, 0.1) is 18.1 Å². The normalized spacial score (nSPS) is 18.0. The van der Waals surface area contributed by atoms with Crippen molar-refractivity contribution in [3.8, 4) is 17.2 Å². The number of ether oxygens (including phenoxy) is 3. The number of para-hydroxylation sites is 2. The maximum atomic E-state index is 6.01. The van der Waals surface area contributed by atoms with Gasteiger partial charge in [-0.1, -0.05) is 12.1 Å². The maximum absolute atomic E-state index is 6.01. The first-order valence-corrected chi connectivity index (χ1v) is 8.29. The number of imidazole rings is 1. The van der Waals surface area contributed by atoms with Crippen molar-refractivity contribution >= 4 is 22.9 Å². The summed E-state index contributed by atoms with van der Waals surface area (Å²) in [6, 6.07) is 11.7. The summed E-state index contributed by atoms with van der Waals surface area (Å²) in [5, 5.41) is 3.03. The highest BCUT2D eigenvalue weighted by molar-refractivity contribution is 5.94. The third kappa shape index (κ3) is 2.15. The average Bonchev–Trinajstić information content (AvgIpc) is 3.04. The third-order valence-electron chi connectivity index (χ3n) is 4.49. The number of aromatic nitrogens is 2. The smallest absolute Gasteiger partial charge is 0.212 e. The van der Waals surface area contributed by atoms with Crippen molar-refractivity contribution in [3.05, 3.63) is 42.0 Å². The van der Waals surface area contributed by atoms with Gasteiger partial charge in [-0.2, -0.15) is 0 Å². The van der Waals surface area contributed by atoms with Crippen LogP contribution in [0.5, 0.6) is 17.2 Å². The van der Waals surface area contributed by atoms with Gasteiger partial charge in [0.1, 0.15) is 13.2 Å². The number of nitrogens with zero attached hydrogens (tertiary/aromatic N) is 3. The summed E-state index contributed by atoms with van der Waals surface area (Å²) < 4.78 is 19.0. The number of hydrogen-bond acceptors (Lipinski definition) is 7. The summed E-state index contributed by atoms with van der Waals surface area (Å²) >= 11 is 0.